The molecule has 0 spiro atoms. The largest absolute Gasteiger partial charge is 0.478 e. The van der Waals surface area contributed by atoms with Gasteiger partial charge >= 0.3 is 17.9 Å². The summed E-state index contributed by atoms with van der Waals surface area (Å²) in [5.74, 6) is -2.85. The third kappa shape index (κ3) is 51.7. The summed E-state index contributed by atoms with van der Waals surface area (Å²) in [5, 5.41) is 40.4. The maximum atomic E-state index is 9.60. The molecule has 29 heavy (non-hydrogen) atoms. The molecule has 0 heterocycles. The quantitative estimate of drug-likeness (QED) is 0.238. The van der Waals surface area contributed by atoms with Crippen LogP contribution in [-0.2, 0) is 14.4 Å². The summed E-state index contributed by atoms with van der Waals surface area (Å²) in [4.78, 5) is 28.4. The predicted molar refractivity (Wildman–Crippen MR) is 114 cm³/mol. The monoisotopic (exact) mass is 418 g/mol. The van der Waals surface area contributed by atoms with Crippen molar-refractivity contribution in [3.8, 4) is 0 Å². The minimum absolute atomic E-state index is 0.176. The van der Waals surface area contributed by atoms with E-state index in [-0.39, 0.29) is 11.1 Å². The van der Waals surface area contributed by atoms with Crippen LogP contribution >= 0.6 is 0 Å². The van der Waals surface area contributed by atoms with Gasteiger partial charge in [-0.25, -0.2) is 14.4 Å². The fourth-order valence-electron chi connectivity index (χ4n) is 1.28. The van der Waals surface area contributed by atoms with Gasteiger partial charge in [-0.2, -0.15) is 0 Å². The fraction of sp³-hybridized carbons (Fsp3) is 0.571. The topological polar surface area (TPSA) is 152 Å². The molecule has 0 aliphatic carbocycles. The highest BCUT2D eigenvalue weighted by Crippen LogP contribution is 2.07. The summed E-state index contributed by atoms with van der Waals surface area (Å²) < 4.78 is 0. The van der Waals surface area contributed by atoms with Gasteiger partial charge in [-0.05, 0) is 26.7 Å². The molecule has 0 bridgehead atoms. The second-order valence-corrected chi connectivity index (χ2v) is 5.99. The Morgan fingerprint density at radius 3 is 0.931 bits per heavy atom. The number of aliphatic hydroxyl groups is 2. The molecular formula is C21H38O8. The molecule has 0 fully saturated rings. The molecule has 0 aliphatic heterocycles. The SMILES string of the molecule is C=C(C)C(=O)O.C=C(C)C(=O)O.C=CC(=O)O.OCCCCCCCCCCO. The summed E-state index contributed by atoms with van der Waals surface area (Å²) in [6, 6.07) is 0. The Labute approximate surface area is 173 Å². The normalized spacial score (nSPS) is 8.55. The van der Waals surface area contributed by atoms with Crippen LogP contribution in [-0.4, -0.2) is 56.7 Å². The van der Waals surface area contributed by atoms with Gasteiger partial charge in [0.2, 0.25) is 0 Å². The van der Waals surface area contributed by atoms with Gasteiger partial charge in [0.25, 0.3) is 0 Å². The van der Waals surface area contributed by atoms with E-state index < -0.39 is 17.9 Å². The number of hydrogen-bond donors (Lipinski definition) is 5. The molecule has 170 valence electrons. The van der Waals surface area contributed by atoms with Crippen LogP contribution in [0.3, 0.4) is 0 Å². The molecule has 0 unspecified atom stereocenters. The van der Waals surface area contributed by atoms with E-state index in [1.807, 2.05) is 0 Å². The van der Waals surface area contributed by atoms with E-state index >= 15 is 0 Å². The average Bonchev–Trinajstić information content (AvgIpc) is 2.65. The van der Waals surface area contributed by atoms with Crippen LogP contribution in [0.5, 0.6) is 0 Å². The highest BCUT2D eigenvalue weighted by Gasteiger charge is 1.91. The molecule has 0 atom stereocenters. The van der Waals surface area contributed by atoms with Crippen LogP contribution < -0.4 is 0 Å². The molecule has 0 amide bonds. The summed E-state index contributed by atoms with van der Waals surface area (Å²) in [6.07, 6.45) is 10.1. The Hall–Kier alpha value is -2.45. The molecule has 0 aromatic carbocycles. The number of carbonyl (C=O) groups is 3. The molecule has 8 nitrogen and oxygen atoms in total. The third-order valence-corrected chi connectivity index (χ3v) is 2.97. The van der Waals surface area contributed by atoms with Gasteiger partial charge in [-0.15, -0.1) is 0 Å². The van der Waals surface area contributed by atoms with E-state index in [0.717, 1.165) is 31.8 Å². The average molecular weight is 419 g/mol. The molecule has 5 N–H and O–H groups in total. The first-order valence-corrected chi connectivity index (χ1v) is 9.32. The van der Waals surface area contributed by atoms with Gasteiger partial charge in [0, 0.05) is 30.4 Å². The lowest BCUT2D eigenvalue weighted by Gasteiger charge is -1.99. The van der Waals surface area contributed by atoms with E-state index in [1.165, 1.54) is 39.5 Å². The maximum Gasteiger partial charge on any atom is 0.330 e. The van der Waals surface area contributed by atoms with Crippen molar-refractivity contribution in [1.29, 1.82) is 0 Å². The Kier molecular flexibility index (Phi) is 32.6. The predicted octanol–water partition coefficient (Wildman–Crippen LogP) is 3.64. The first-order valence-electron chi connectivity index (χ1n) is 9.32. The second kappa shape index (κ2) is 27.8. The standard InChI is InChI=1S/C10H22O2.2C4H6O2.C3H4O2/c11-9-7-5-3-1-2-4-6-8-10-12;2*1-3(2)4(5)6;1-2-3(4)5/h11-12H,1-10H2;2*1H2,2H3,(H,5,6);2H,1H2,(H,4,5). The Bertz CT molecular complexity index is 411. The summed E-state index contributed by atoms with van der Waals surface area (Å²) in [6.45, 7) is 12.8. The van der Waals surface area contributed by atoms with Crippen molar-refractivity contribution in [3.63, 3.8) is 0 Å². The zero-order valence-corrected chi connectivity index (χ0v) is 17.7. The smallest absolute Gasteiger partial charge is 0.330 e. The Balaban J connectivity index is -0.000000156. The van der Waals surface area contributed by atoms with Crippen LogP contribution in [0, 0.1) is 0 Å². The first-order chi connectivity index (χ1) is 13.5. The molecule has 0 aliphatic rings. The van der Waals surface area contributed by atoms with Gasteiger partial charge in [-0.3, -0.25) is 0 Å². The highest BCUT2D eigenvalue weighted by atomic mass is 16.4. The van der Waals surface area contributed by atoms with Gasteiger partial charge < -0.3 is 25.5 Å². The summed E-state index contributed by atoms with van der Waals surface area (Å²) >= 11 is 0. The van der Waals surface area contributed by atoms with Crippen LogP contribution in [0.2, 0.25) is 0 Å². The van der Waals surface area contributed by atoms with Crippen LogP contribution in [0.25, 0.3) is 0 Å². The van der Waals surface area contributed by atoms with Gasteiger partial charge in [0.1, 0.15) is 0 Å². The number of hydrogen-bond acceptors (Lipinski definition) is 5. The molecule has 0 saturated heterocycles. The molecule has 0 aromatic heterocycles. The lowest BCUT2D eigenvalue weighted by molar-refractivity contribution is -0.133. The number of carboxylic acids is 3. The zero-order chi connectivity index (χ0) is 23.7. The molecule has 0 aromatic rings. The van der Waals surface area contributed by atoms with Crippen molar-refractivity contribution < 1.29 is 39.9 Å². The van der Waals surface area contributed by atoms with Gasteiger partial charge in [0.15, 0.2) is 0 Å². The molecule has 0 saturated carbocycles. The lowest BCUT2D eigenvalue weighted by Crippen LogP contribution is -1.92. The van der Waals surface area contributed by atoms with Crippen molar-refractivity contribution in [2.24, 2.45) is 0 Å². The fourth-order valence-corrected chi connectivity index (χ4v) is 1.28. The van der Waals surface area contributed by atoms with Crippen molar-refractivity contribution in [1.82, 2.24) is 0 Å². The number of aliphatic hydroxyl groups excluding tert-OH is 2. The van der Waals surface area contributed by atoms with Crippen molar-refractivity contribution in [2.45, 2.75) is 65.2 Å². The van der Waals surface area contributed by atoms with E-state index in [2.05, 4.69) is 19.7 Å². The van der Waals surface area contributed by atoms with E-state index in [1.54, 1.807) is 0 Å². The third-order valence-electron chi connectivity index (χ3n) is 2.97. The summed E-state index contributed by atoms with van der Waals surface area (Å²) in [5.41, 5.74) is 0.352. The number of carboxylic acid groups (broad SMARTS) is 3. The first kappa shape index (κ1) is 34.1. The van der Waals surface area contributed by atoms with Gasteiger partial charge in [-0.1, -0.05) is 58.3 Å². The maximum absolute atomic E-state index is 9.60. The minimum atomic E-state index is -0.981. The molecule has 0 radical (unpaired) electrons. The lowest BCUT2D eigenvalue weighted by atomic mass is 10.1. The molecular weight excluding hydrogens is 380 g/mol. The Morgan fingerprint density at radius 1 is 0.655 bits per heavy atom. The zero-order valence-electron chi connectivity index (χ0n) is 17.7. The van der Waals surface area contributed by atoms with Crippen molar-refractivity contribution >= 4 is 17.9 Å². The Morgan fingerprint density at radius 2 is 0.828 bits per heavy atom. The number of aliphatic carboxylic acids is 3. The van der Waals surface area contributed by atoms with Gasteiger partial charge in [0.05, 0.1) is 0 Å². The van der Waals surface area contributed by atoms with Crippen molar-refractivity contribution in [2.75, 3.05) is 13.2 Å². The van der Waals surface area contributed by atoms with E-state index in [9.17, 15) is 14.4 Å². The second-order valence-electron chi connectivity index (χ2n) is 5.99. The van der Waals surface area contributed by atoms with Crippen LogP contribution in [0.4, 0.5) is 0 Å². The number of rotatable bonds is 12. The molecule has 0 rings (SSSR count). The number of unbranched alkanes of at least 4 members (excludes halogenated alkanes) is 7. The van der Waals surface area contributed by atoms with Crippen LogP contribution in [0.1, 0.15) is 65.2 Å². The van der Waals surface area contributed by atoms with E-state index in [0.29, 0.717) is 13.2 Å². The molecule has 8 heteroatoms. The highest BCUT2D eigenvalue weighted by molar-refractivity contribution is 5.85. The van der Waals surface area contributed by atoms with Crippen molar-refractivity contribution in [3.05, 3.63) is 37.0 Å². The van der Waals surface area contributed by atoms with Crippen LogP contribution in [0.15, 0.2) is 37.0 Å². The minimum Gasteiger partial charge on any atom is -0.478 e. The van der Waals surface area contributed by atoms with E-state index in [4.69, 9.17) is 25.5 Å². The summed E-state index contributed by atoms with van der Waals surface area (Å²) in [7, 11) is 0.